The van der Waals surface area contributed by atoms with Crippen LogP contribution in [0.5, 0.6) is 5.75 Å². The van der Waals surface area contributed by atoms with Crippen LogP contribution in [0, 0.1) is 0 Å². The first-order valence-corrected chi connectivity index (χ1v) is 13.2. The molecule has 10 nitrogen and oxygen atoms in total. The molecule has 2 aromatic heterocycles. The summed E-state index contributed by atoms with van der Waals surface area (Å²) < 4.78 is 49.9. The van der Waals surface area contributed by atoms with Crippen molar-refractivity contribution in [3.05, 3.63) is 22.7 Å². The van der Waals surface area contributed by atoms with Gasteiger partial charge >= 0.3 is 18.2 Å². The molecule has 2 unspecified atom stereocenters. The summed E-state index contributed by atoms with van der Waals surface area (Å²) in [7, 11) is 0. The van der Waals surface area contributed by atoms with E-state index in [9.17, 15) is 18.4 Å². The summed E-state index contributed by atoms with van der Waals surface area (Å²) in [5, 5.41) is 2.07. The van der Waals surface area contributed by atoms with Crippen molar-refractivity contribution in [3.63, 3.8) is 0 Å². The molecule has 1 aromatic carbocycles. The van der Waals surface area contributed by atoms with E-state index in [4.69, 9.17) is 25.5 Å². The van der Waals surface area contributed by atoms with Crippen LogP contribution in [-0.4, -0.2) is 70.4 Å². The Labute approximate surface area is 225 Å². The van der Waals surface area contributed by atoms with Crippen molar-refractivity contribution in [3.8, 4) is 16.3 Å². The smallest absolute Gasteiger partial charge is 0.459 e. The Morgan fingerprint density at radius 3 is 2.58 bits per heavy atom. The average molecular weight is 571 g/mol. The number of carbonyl (C=O) groups excluding carboxylic acids is 2. The minimum absolute atomic E-state index is 0.0927. The van der Waals surface area contributed by atoms with Crippen LogP contribution in [0.25, 0.3) is 21.7 Å². The molecular weight excluding hydrogens is 546 g/mol. The maximum atomic E-state index is 14.5. The summed E-state index contributed by atoms with van der Waals surface area (Å²) >= 11 is 7.66. The molecule has 204 valence electrons. The number of ether oxygens (including phenoxy) is 3. The van der Waals surface area contributed by atoms with Crippen molar-refractivity contribution >= 4 is 52.1 Å². The number of halogens is 3. The van der Waals surface area contributed by atoms with E-state index in [-0.39, 0.29) is 46.9 Å². The number of alkyl halides is 2. The average Bonchev–Trinajstić information content (AvgIpc) is 3.50. The molecule has 0 aliphatic carbocycles. The van der Waals surface area contributed by atoms with Gasteiger partial charge in [0.15, 0.2) is 16.8 Å². The first-order chi connectivity index (χ1) is 17.9. The molecule has 2 bridgehead atoms. The highest BCUT2D eigenvalue weighted by Gasteiger charge is 2.50. The summed E-state index contributed by atoms with van der Waals surface area (Å²) in [5.74, 6) is -2.37. The van der Waals surface area contributed by atoms with Gasteiger partial charge in [-0.15, -0.1) is 11.3 Å². The number of oxazole rings is 1. The number of piperazine rings is 1. The number of hydrogen-bond acceptors (Lipinski definition) is 10. The first-order valence-electron chi connectivity index (χ1n) is 11.9. The highest BCUT2D eigenvalue weighted by Crippen LogP contribution is 2.45. The molecule has 38 heavy (non-hydrogen) atoms. The minimum Gasteiger partial charge on any atom is -0.459 e. The van der Waals surface area contributed by atoms with Crippen molar-refractivity contribution in [1.82, 2.24) is 14.9 Å². The molecule has 0 N–H and O–H groups in total. The van der Waals surface area contributed by atoms with Crippen LogP contribution in [0.4, 0.5) is 19.6 Å². The maximum absolute atomic E-state index is 14.5. The Morgan fingerprint density at radius 1 is 1.26 bits per heavy atom. The van der Waals surface area contributed by atoms with Gasteiger partial charge < -0.3 is 23.5 Å². The van der Waals surface area contributed by atoms with Crippen molar-refractivity contribution in [1.29, 1.82) is 0 Å². The molecule has 3 aliphatic rings. The van der Waals surface area contributed by atoms with Gasteiger partial charge in [-0.25, -0.2) is 14.6 Å². The molecule has 1 amide bonds. The van der Waals surface area contributed by atoms with Crippen molar-refractivity contribution in [2.75, 3.05) is 24.6 Å². The summed E-state index contributed by atoms with van der Waals surface area (Å²) in [6, 6.07) is 1.28. The topological polar surface area (TPSA) is 107 Å². The van der Waals surface area contributed by atoms with Gasteiger partial charge in [-0.3, -0.25) is 4.90 Å². The van der Waals surface area contributed by atoms with Crippen molar-refractivity contribution < 1.29 is 37.0 Å². The van der Waals surface area contributed by atoms with Crippen LogP contribution in [-0.2, 0) is 14.3 Å². The van der Waals surface area contributed by atoms with E-state index in [1.54, 1.807) is 37.2 Å². The number of carbonyl (C=O) groups is 2. The lowest BCUT2D eigenvalue weighted by molar-refractivity contribution is -0.216. The second-order valence-electron chi connectivity index (χ2n) is 9.92. The fourth-order valence-electron chi connectivity index (χ4n) is 4.53. The lowest BCUT2D eigenvalue weighted by Gasteiger charge is -2.55. The minimum atomic E-state index is -4.31. The number of nitrogens with zero attached hydrogens (tertiary/aromatic N) is 4. The Bertz CT molecular complexity index is 1360. The van der Waals surface area contributed by atoms with Gasteiger partial charge in [0.05, 0.1) is 29.3 Å². The third-order valence-corrected chi connectivity index (χ3v) is 7.12. The van der Waals surface area contributed by atoms with Crippen molar-refractivity contribution in [2.45, 2.75) is 57.9 Å². The monoisotopic (exact) mass is 570 g/mol. The van der Waals surface area contributed by atoms with Crippen LogP contribution in [0.3, 0.4) is 0 Å². The highest BCUT2D eigenvalue weighted by molar-refractivity contribution is 7.13. The fraction of sp³-hybridized carbons (Fsp3) is 0.500. The number of benzene rings is 1. The van der Waals surface area contributed by atoms with E-state index >= 15 is 0 Å². The van der Waals surface area contributed by atoms with Crippen LogP contribution >= 0.6 is 22.9 Å². The second-order valence-corrected chi connectivity index (χ2v) is 11.2. The predicted molar refractivity (Wildman–Crippen MR) is 135 cm³/mol. The molecule has 6 rings (SSSR count). The van der Waals surface area contributed by atoms with Gasteiger partial charge in [-0.05, 0) is 40.2 Å². The molecule has 0 radical (unpaired) electrons. The Morgan fingerprint density at radius 2 is 1.97 bits per heavy atom. The normalized spacial score (nSPS) is 19.3. The standard InChI is InChI=1S/C24H25ClF2N4O6S/c1-5-34-20(32)24(26,27)36-18-15(25)9-14(19-28-6-7-38-19)17-16(18)29-21(35-17)30-10-12-8-13(11-30)31(12)22(33)37-23(2,3)4/h6-7,9,12-13H,5,8,10-11H2,1-4H3. The number of rotatable bonds is 6. The number of fused-ring (bicyclic) bond motifs is 3. The molecule has 0 saturated carbocycles. The molecule has 2 atom stereocenters. The number of piperidine rings is 1. The van der Waals surface area contributed by atoms with E-state index in [1.807, 2.05) is 4.90 Å². The van der Waals surface area contributed by atoms with E-state index in [1.165, 1.54) is 24.3 Å². The Kier molecular flexibility index (Phi) is 6.62. The fourth-order valence-corrected chi connectivity index (χ4v) is 5.42. The number of thiazole rings is 1. The quantitative estimate of drug-likeness (QED) is 0.363. The van der Waals surface area contributed by atoms with E-state index in [2.05, 4.69) is 14.7 Å². The molecule has 14 heteroatoms. The maximum Gasteiger partial charge on any atom is 0.502 e. The predicted octanol–water partition coefficient (Wildman–Crippen LogP) is 5.34. The number of esters is 1. The Hall–Kier alpha value is -3.19. The molecule has 3 fully saturated rings. The van der Waals surface area contributed by atoms with Crippen molar-refractivity contribution in [2.24, 2.45) is 0 Å². The van der Waals surface area contributed by atoms with Gasteiger partial charge in [0.1, 0.15) is 10.6 Å². The number of anilines is 1. The first kappa shape index (κ1) is 26.4. The van der Waals surface area contributed by atoms with Gasteiger partial charge in [0.25, 0.3) is 6.01 Å². The zero-order valence-corrected chi connectivity index (χ0v) is 22.6. The molecule has 5 heterocycles. The number of amides is 1. The lowest BCUT2D eigenvalue weighted by Crippen LogP contribution is -2.70. The molecular formula is C24H25ClF2N4O6S. The van der Waals surface area contributed by atoms with E-state index in [0.29, 0.717) is 23.7 Å². The van der Waals surface area contributed by atoms with Crippen LogP contribution in [0.2, 0.25) is 5.02 Å². The van der Waals surface area contributed by atoms with Crippen LogP contribution in [0.1, 0.15) is 34.1 Å². The third kappa shape index (κ3) is 4.84. The highest BCUT2D eigenvalue weighted by atomic mass is 35.5. The largest absolute Gasteiger partial charge is 0.502 e. The van der Waals surface area contributed by atoms with Gasteiger partial charge in [-0.2, -0.15) is 13.8 Å². The molecule has 3 aliphatic heterocycles. The Balaban J connectivity index is 1.49. The zero-order chi connectivity index (χ0) is 27.4. The summed E-state index contributed by atoms with van der Waals surface area (Å²) in [4.78, 5) is 36.7. The SMILES string of the molecule is CCOC(=O)C(F)(F)Oc1c(Cl)cc(-c2nccs2)c2oc(N3CC4CC(C3)N4C(=O)OC(C)(C)C)nc12. The molecule has 3 aromatic rings. The lowest BCUT2D eigenvalue weighted by atomic mass is 9.88. The number of hydrogen-bond donors (Lipinski definition) is 0. The van der Waals surface area contributed by atoms with E-state index < -0.39 is 23.4 Å². The molecule has 3 saturated heterocycles. The van der Waals surface area contributed by atoms with Crippen LogP contribution in [0.15, 0.2) is 22.1 Å². The van der Waals surface area contributed by atoms with Crippen LogP contribution < -0.4 is 9.64 Å². The third-order valence-electron chi connectivity index (χ3n) is 6.04. The van der Waals surface area contributed by atoms with Gasteiger partial charge in [0, 0.05) is 24.7 Å². The summed E-state index contributed by atoms with van der Waals surface area (Å²) in [5.41, 5.74) is -0.153. The van der Waals surface area contributed by atoms with E-state index in [0.717, 1.165) is 6.42 Å². The zero-order valence-electron chi connectivity index (χ0n) is 21.0. The number of aromatic nitrogens is 2. The summed E-state index contributed by atoms with van der Waals surface area (Å²) in [6.45, 7) is 7.37. The second kappa shape index (κ2) is 9.53. The summed E-state index contributed by atoms with van der Waals surface area (Å²) in [6.07, 6.45) is -2.31. The molecule has 0 spiro atoms. The van der Waals surface area contributed by atoms with Gasteiger partial charge in [0.2, 0.25) is 0 Å². The van der Waals surface area contributed by atoms with Gasteiger partial charge in [-0.1, -0.05) is 11.6 Å².